The first kappa shape index (κ1) is 13.5. The van der Waals surface area contributed by atoms with Gasteiger partial charge in [0.05, 0.1) is 0 Å². The molecule has 0 saturated heterocycles. The van der Waals surface area contributed by atoms with E-state index in [1.165, 1.54) is 0 Å². The number of nitrogens with two attached hydrogens (primary N) is 1. The number of ketones is 2. The molecule has 0 fully saturated rings. The van der Waals surface area contributed by atoms with Crippen molar-refractivity contribution in [1.82, 2.24) is 5.32 Å². The second-order valence-electron chi connectivity index (χ2n) is 4.81. The fourth-order valence-electron chi connectivity index (χ4n) is 2.71. The van der Waals surface area contributed by atoms with Gasteiger partial charge in [-0.3, -0.25) is 9.59 Å². The maximum atomic E-state index is 12.9. The highest BCUT2D eigenvalue weighted by atomic mass is 32.1. The molecule has 0 aliphatic heterocycles. The number of nitrogens with one attached hydrogen (secondary N) is 1. The predicted octanol–water partition coefficient (Wildman–Crippen LogP) is 1.79. The Morgan fingerprint density at radius 2 is 1.38 bits per heavy atom. The van der Waals surface area contributed by atoms with E-state index in [4.69, 9.17) is 18.0 Å². The lowest BCUT2D eigenvalue weighted by molar-refractivity contribution is 0.0778. The third-order valence-corrected chi connectivity index (χ3v) is 3.72. The topological polar surface area (TPSA) is 72.2 Å². The van der Waals surface area contributed by atoms with Gasteiger partial charge in [0.1, 0.15) is 0 Å². The van der Waals surface area contributed by atoms with Gasteiger partial charge in [-0.2, -0.15) is 0 Å². The van der Waals surface area contributed by atoms with Crippen LogP contribution >= 0.6 is 12.2 Å². The SMILES string of the molecule is NC(=S)NC1(c2ccccc2)C(=O)c2ccccc2C1=O. The van der Waals surface area contributed by atoms with E-state index >= 15 is 0 Å². The number of carbonyl (C=O) groups excluding carboxylic acids is 2. The van der Waals surface area contributed by atoms with Crippen molar-refractivity contribution in [2.45, 2.75) is 5.54 Å². The molecule has 4 nitrogen and oxygen atoms in total. The van der Waals surface area contributed by atoms with Crippen LogP contribution in [-0.4, -0.2) is 16.7 Å². The second-order valence-corrected chi connectivity index (χ2v) is 5.25. The van der Waals surface area contributed by atoms with Crippen molar-refractivity contribution >= 4 is 28.9 Å². The smallest absolute Gasteiger partial charge is 0.201 e. The van der Waals surface area contributed by atoms with Gasteiger partial charge >= 0.3 is 0 Å². The van der Waals surface area contributed by atoms with Gasteiger partial charge in [-0.1, -0.05) is 54.6 Å². The Labute approximate surface area is 127 Å². The van der Waals surface area contributed by atoms with Crippen LogP contribution in [0.4, 0.5) is 0 Å². The predicted molar refractivity (Wildman–Crippen MR) is 83.1 cm³/mol. The summed E-state index contributed by atoms with van der Waals surface area (Å²) in [4.78, 5) is 25.7. The summed E-state index contributed by atoms with van der Waals surface area (Å²) in [5.74, 6) is -0.663. The van der Waals surface area contributed by atoms with E-state index in [0.29, 0.717) is 16.7 Å². The fraction of sp³-hybridized carbons (Fsp3) is 0.0625. The summed E-state index contributed by atoms with van der Waals surface area (Å²) in [7, 11) is 0. The number of hydrogen-bond donors (Lipinski definition) is 2. The maximum Gasteiger partial charge on any atom is 0.201 e. The summed E-state index contributed by atoms with van der Waals surface area (Å²) < 4.78 is 0. The third kappa shape index (κ3) is 1.86. The van der Waals surface area contributed by atoms with Crippen molar-refractivity contribution in [2.24, 2.45) is 5.73 Å². The molecular weight excluding hydrogens is 284 g/mol. The number of carbonyl (C=O) groups is 2. The van der Waals surface area contributed by atoms with Crippen LogP contribution in [0.5, 0.6) is 0 Å². The fourth-order valence-corrected chi connectivity index (χ4v) is 2.86. The number of hydrogen-bond acceptors (Lipinski definition) is 3. The van der Waals surface area contributed by atoms with Crippen LogP contribution in [0.2, 0.25) is 0 Å². The highest BCUT2D eigenvalue weighted by molar-refractivity contribution is 7.80. The molecule has 2 aromatic rings. The van der Waals surface area contributed by atoms with E-state index < -0.39 is 5.54 Å². The van der Waals surface area contributed by atoms with Crippen molar-refractivity contribution < 1.29 is 9.59 Å². The average molecular weight is 296 g/mol. The van der Waals surface area contributed by atoms with Crippen LogP contribution in [0.15, 0.2) is 54.6 Å². The second kappa shape index (κ2) is 4.79. The van der Waals surface area contributed by atoms with E-state index in [9.17, 15) is 9.59 Å². The van der Waals surface area contributed by atoms with Crippen molar-refractivity contribution in [3.05, 3.63) is 71.3 Å². The molecule has 1 aliphatic carbocycles. The molecule has 0 atom stereocenters. The molecule has 0 aromatic heterocycles. The first-order valence-corrected chi connectivity index (χ1v) is 6.80. The Hall–Kier alpha value is -2.53. The molecule has 0 bridgehead atoms. The molecule has 0 heterocycles. The van der Waals surface area contributed by atoms with Gasteiger partial charge in [-0.25, -0.2) is 0 Å². The number of rotatable bonds is 2. The molecule has 3 N–H and O–H groups in total. The number of benzene rings is 2. The van der Waals surface area contributed by atoms with Crippen LogP contribution in [-0.2, 0) is 5.54 Å². The molecule has 3 rings (SSSR count). The molecular formula is C16H12N2O2S. The molecule has 21 heavy (non-hydrogen) atoms. The maximum absolute atomic E-state index is 12.9. The lowest BCUT2D eigenvalue weighted by Gasteiger charge is -2.27. The molecule has 0 saturated carbocycles. The summed E-state index contributed by atoms with van der Waals surface area (Å²) in [6.07, 6.45) is 0. The normalized spacial score (nSPS) is 15.6. The van der Waals surface area contributed by atoms with Crippen molar-refractivity contribution in [3.8, 4) is 0 Å². The number of Topliss-reactive ketones (excluding diaryl/α,β-unsaturated/α-hetero) is 2. The zero-order valence-corrected chi connectivity index (χ0v) is 11.8. The van der Waals surface area contributed by atoms with Gasteiger partial charge < -0.3 is 11.1 Å². The Kier molecular flexibility index (Phi) is 3.07. The van der Waals surface area contributed by atoms with E-state index in [1.54, 1.807) is 48.5 Å². The highest BCUT2D eigenvalue weighted by Crippen LogP contribution is 2.37. The minimum absolute atomic E-state index is 0.0895. The van der Waals surface area contributed by atoms with Crippen molar-refractivity contribution in [2.75, 3.05) is 0 Å². The number of thiocarbonyl (C=S) groups is 1. The summed E-state index contributed by atoms with van der Waals surface area (Å²) in [5.41, 5.74) is 5.31. The lowest BCUT2D eigenvalue weighted by atomic mass is 9.85. The van der Waals surface area contributed by atoms with Crippen molar-refractivity contribution in [1.29, 1.82) is 0 Å². The average Bonchev–Trinajstić information content (AvgIpc) is 2.71. The van der Waals surface area contributed by atoms with E-state index in [1.807, 2.05) is 6.07 Å². The monoisotopic (exact) mass is 296 g/mol. The summed E-state index contributed by atoms with van der Waals surface area (Å²) in [6, 6.07) is 15.5. The van der Waals surface area contributed by atoms with Gasteiger partial charge in [0.25, 0.3) is 0 Å². The van der Waals surface area contributed by atoms with Gasteiger partial charge in [0.2, 0.25) is 11.6 Å². The zero-order valence-electron chi connectivity index (χ0n) is 11.0. The molecule has 2 aromatic carbocycles. The molecule has 0 unspecified atom stereocenters. The van der Waals surface area contributed by atoms with Gasteiger partial charge in [0.15, 0.2) is 10.7 Å². The Morgan fingerprint density at radius 1 is 0.905 bits per heavy atom. The quantitative estimate of drug-likeness (QED) is 0.653. The molecule has 104 valence electrons. The molecule has 5 heteroatoms. The number of fused-ring (bicyclic) bond motifs is 1. The minimum Gasteiger partial charge on any atom is -0.376 e. The van der Waals surface area contributed by atoms with E-state index in [2.05, 4.69) is 5.32 Å². The van der Waals surface area contributed by atoms with Crippen LogP contribution in [0.25, 0.3) is 0 Å². The summed E-state index contributed by atoms with van der Waals surface area (Å²) in [5, 5.41) is 2.64. The summed E-state index contributed by atoms with van der Waals surface area (Å²) >= 11 is 4.88. The first-order chi connectivity index (χ1) is 10.1. The molecule has 0 spiro atoms. The minimum atomic E-state index is -1.56. The standard InChI is InChI=1S/C16H12N2O2S/c17-15(21)18-16(10-6-2-1-3-7-10)13(19)11-8-4-5-9-12(11)14(16)20/h1-9H,(H3,17,18,21). The zero-order chi connectivity index (χ0) is 15.0. The Bertz CT molecular complexity index is 721. The van der Waals surface area contributed by atoms with Gasteiger partial charge in [-0.15, -0.1) is 0 Å². The van der Waals surface area contributed by atoms with Crippen LogP contribution in [0.3, 0.4) is 0 Å². The lowest BCUT2D eigenvalue weighted by Crippen LogP contribution is -2.55. The van der Waals surface area contributed by atoms with Crippen LogP contribution in [0.1, 0.15) is 26.3 Å². The Morgan fingerprint density at radius 3 is 1.86 bits per heavy atom. The molecule has 0 amide bonds. The first-order valence-electron chi connectivity index (χ1n) is 6.39. The van der Waals surface area contributed by atoms with Crippen LogP contribution < -0.4 is 11.1 Å². The highest BCUT2D eigenvalue weighted by Gasteiger charge is 2.54. The Balaban J connectivity index is 2.26. The van der Waals surface area contributed by atoms with Gasteiger partial charge in [-0.05, 0) is 17.8 Å². The van der Waals surface area contributed by atoms with Crippen LogP contribution in [0, 0.1) is 0 Å². The van der Waals surface area contributed by atoms with E-state index in [-0.39, 0.29) is 16.7 Å². The van der Waals surface area contributed by atoms with Gasteiger partial charge in [0, 0.05) is 11.1 Å². The molecule has 0 radical (unpaired) electrons. The van der Waals surface area contributed by atoms with Crippen molar-refractivity contribution in [3.63, 3.8) is 0 Å². The third-order valence-electron chi connectivity index (χ3n) is 3.62. The van der Waals surface area contributed by atoms with E-state index in [0.717, 1.165) is 0 Å². The molecule has 1 aliphatic rings. The summed E-state index contributed by atoms with van der Waals surface area (Å²) in [6.45, 7) is 0. The largest absolute Gasteiger partial charge is 0.376 e.